The van der Waals surface area contributed by atoms with Crippen molar-refractivity contribution in [1.82, 2.24) is 0 Å². The number of carbonyl (C=O) groups is 1. The second-order valence-electron chi connectivity index (χ2n) is 4.24. The summed E-state index contributed by atoms with van der Waals surface area (Å²) < 4.78 is 5.16. The van der Waals surface area contributed by atoms with Crippen LogP contribution in [0.1, 0.15) is 13.3 Å². The molecule has 86 valence electrons. The van der Waals surface area contributed by atoms with Gasteiger partial charge in [0.25, 0.3) is 5.97 Å². The number of hydrogen-bond acceptors (Lipinski definition) is 4. The zero-order valence-electron chi connectivity index (χ0n) is 9.52. The molecule has 0 N–H and O–H groups in total. The van der Waals surface area contributed by atoms with Crippen molar-refractivity contribution in [2.45, 2.75) is 39.0 Å². The van der Waals surface area contributed by atoms with Gasteiger partial charge in [0.2, 0.25) is 14.4 Å². The number of nitrogens with zero attached hydrogens (tertiary/aromatic N) is 1. The SMILES string of the molecule is CC(/C=C/CC(=O)O[Si](C)(C)C)[N+](=O)[O-]. The molecule has 1 unspecified atom stereocenters. The molecule has 5 nitrogen and oxygen atoms in total. The standard InChI is InChI=1S/C9H17NO4Si/c1-8(10(12)13)6-5-7-9(11)14-15(2,3)4/h5-6,8H,7H2,1-4H3/b6-5+. The van der Waals surface area contributed by atoms with Crippen LogP contribution >= 0.6 is 0 Å². The number of rotatable bonds is 5. The Morgan fingerprint density at radius 1 is 1.53 bits per heavy atom. The van der Waals surface area contributed by atoms with Gasteiger partial charge in [0.15, 0.2) is 0 Å². The smallest absolute Gasteiger partial charge is 0.296 e. The highest BCUT2D eigenvalue weighted by molar-refractivity contribution is 6.71. The molecule has 0 saturated carbocycles. The predicted octanol–water partition coefficient (Wildman–Crippen LogP) is 1.98. The lowest BCUT2D eigenvalue weighted by Crippen LogP contribution is -2.28. The summed E-state index contributed by atoms with van der Waals surface area (Å²) in [5, 5.41) is 10.2. The molecule has 0 aromatic heterocycles. The van der Waals surface area contributed by atoms with Crippen molar-refractivity contribution in [2.24, 2.45) is 0 Å². The monoisotopic (exact) mass is 231 g/mol. The summed E-state index contributed by atoms with van der Waals surface area (Å²) in [7, 11) is -1.84. The van der Waals surface area contributed by atoms with Gasteiger partial charge in [0.1, 0.15) is 0 Å². The normalized spacial score (nSPS) is 13.9. The lowest BCUT2D eigenvalue weighted by molar-refractivity contribution is -0.504. The summed E-state index contributed by atoms with van der Waals surface area (Å²) >= 11 is 0. The summed E-state index contributed by atoms with van der Waals surface area (Å²) in [5.41, 5.74) is 0. The van der Waals surface area contributed by atoms with Crippen LogP contribution in [0.5, 0.6) is 0 Å². The van der Waals surface area contributed by atoms with Crippen LogP contribution in [0, 0.1) is 10.1 Å². The third-order valence-corrected chi connectivity index (χ3v) is 2.29. The number of carbonyl (C=O) groups excluding carboxylic acids is 1. The highest BCUT2D eigenvalue weighted by Gasteiger charge is 2.19. The average Bonchev–Trinajstić information content (AvgIpc) is 2.00. The minimum atomic E-state index is -1.84. The quantitative estimate of drug-likeness (QED) is 0.314. The fourth-order valence-corrected chi connectivity index (χ4v) is 1.58. The molecule has 0 heterocycles. The largest absolute Gasteiger partial charge is 0.520 e. The minimum absolute atomic E-state index is 0.0997. The van der Waals surface area contributed by atoms with Crippen LogP contribution < -0.4 is 0 Å². The van der Waals surface area contributed by atoms with Gasteiger partial charge in [-0.1, -0.05) is 6.08 Å². The lowest BCUT2D eigenvalue weighted by atomic mass is 10.3. The Kier molecular flexibility index (Phi) is 5.20. The van der Waals surface area contributed by atoms with Crippen LogP contribution in [0.15, 0.2) is 12.2 Å². The number of nitro groups is 1. The van der Waals surface area contributed by atoms with Gasteiger partial charge in [0, 0.05) is 11.8 Å². The third-order valence-electron chi connectivity index (χ3n) is 1.45. The van der Waals surface area contributed by atoms with Crippen molar-refractivity contribution in [3.63, 3.8) is 0 Å². The predicted molar refractivity (Wildman–Crippen MR) is 59.7 cm³/mol. The van der Waals surface area contributed by atoms with E-state index in [4.69, 9.17) is 4.43 Å². The van der Waals surface area contributed by atoms with Crippen molar-refractivity contribution in [3.8, 4) is 0 Å². The number of hydrogen-bond donors (Lipinski definition) is 0. The maximum atomic E-state index is 11.2. The van der Waals surface area contributed by atoms with Crippen molar-refractivity contribution in [2.75, 3.05) is 0 Å². The summed E-state index contributed by atoms with van der Waals surface area (Å²) in [5.74, 6) is -0.319. The fourth-order valence-electron chi connectivity index (χ4n) is 0.815. The van der Waals surface area contributed by atoms with Gasteiger partial charge in [0.05, 0.1) is 6.42 Å². The molecule has 15 heavy (non-hydrogen) atoms. The van der Waals surface area contributed by atoms with Crippen LogP contribution in [-0.4, -0.2) is 25.3 Å². The van der Waals surface area contributed by atoms with E-state index in [2.05, 4.69) is 0 Å². The van der Waals surface area contributed by atoms with E-state index in [9.17, 15) is 14.9 Å². The van der Waals surface area contributed by atoms with Gasteiger partial charge in [-0.25, -0.2) is 0 Å². The Balaban J connectivity index is 3.96. The first kappa shape index (κ1) is 13.8. The van der Waals surface area contributed by atoms with E-state index >= 15 is 0 Å². The van der Waals surface area contributed by atoms with E-state index in [1.807, 2.05) is 19.6 Å². The Hall–Kier alpha value is -1.17. The van der Waals surface area contributed by atoms with E-state index in [1.54, 1.807) is 0 Å². The second-order valence-corrected chi connectivity index (χ2v) is 8.67. The lowest BCUT2D eigenvalue weighted by Gasteiger charge is -2.16. The third kappa shape index (κ3) is 7.86. The van der Waals surface area contributed by atoms with E-state index in [0.29, 0.717) is 0 Å². The maximum Gasteiger partial charge on any atom is 0.296 e. The summed E-state index contributed by atoms with van der Waals surface area (Å²) in [4.78, 5) is 21.0. The van der Waals surface area contributed by atoms with Crippen LogP contribution in [0.4, 0.5) is 0 Å². The summed E-state index contributed by atoms with van der Waals surface area (Å²) in [6, 6.07) is -0.760. The van der Waals surface area contributed by atoms with Crippen LogP contribution in [0.25, 0.3) is 0 Å². The molecule has 0 aliphatic carbocycles. The van der Waals surface area contributed by atoms with Crippen molar-refractivity contribution in [3.05, 3.63) is 22.3 Å². The van der Waals surface area contributed by atoms with Gasteiger partial charge in [-0.2, -0.15) is 0 Å². The van der Waals surface area contributed by atoms with E-state index in [0.717, 1.165) is 0 Å². The molecule has 0 aromatic carbocycles. The molecular weight excluding hydrogens is 214 g/mol. The van der Waals surface area contributed by atoms with Gasteiger partial charge in [-0.05, 0) is 25.7 Å². The second kappa shape index (κ2) is 5.65. The zero-order chi connectivity index (χ0) is 12.1. The van der Waals surface area contributed by atoms with Gasteiger partial charge < -0.3 is 4.43 Å². The van der Waals surface area contributed by atoms with E-state index in [1.165, 1.54) is 19.1 Å². The van der Waals surface area contributed by atoms with Crippen molar-refractivity contribution >= 4 is 14.3 Å². The maximum absolute atomic E-state index is 11.2. The Morgan fingerprint density at radius 2 is 2.07 bits per heavy atom. The van der Waals surface area contributed by atoms with E-state index < -0.39 is 19.3 Å². The Labute approximate surface area is 90.4 Å². The summed E-state index contributed by atoms with van der Waals surface area (Å²) in [6.45, 7) is 7.19. The van der Waals surface area contributed by atoms with Gasteiger partial charge in [-0.15, -0.1) is 0 Å². The molecular formula is C9H17NO4Si. The topological polar surface area (TPSA) is 69.4 Å². The molecule has 0 aliphatic rings. The minimum Gasteiger partial charge on any atom is -0.520 e. The Bertz CT molecular complexity index is 270. The Morgan fingerprint density at radius 3 is 2.47 bits per heavy atom. The molecule has 1 atom stereocenters. The molecule has 0 spiro atoms. The molecule has 0 rings (SSSR count). The first-order chi connectivity index (χ1) is 6.72. The van der Waals surface area contributed by atoms with Crippen molar-refractivity contribution in [1.29, 1.82) is 0 Å². The molecule has 6 heteroatoms. The van der Waals surface area contributed by atoms with Gasteiger partial charge in [-0.3, -0.25) is 14.9 Å². The molecule has 0 fully saturated rings. The molecule has 0 saturated heterocycles. The molecule has 0 amide bonds. The van der Waals surface area contributed by atoms with Crippen LogP contribution in [-0.2, 0) is 9.22 Å². The van der Waals surface area contributed by atoms with Crippen molar-refractivity contribution < 1.29 is 14.1 Å². The van der Waals surface area contributed by atoms with Crippen LogP contribution in [0.2, 0.25) is 19.6 Å². The van der Waals surface area contributed by atoms with Gasteiger partial charge >= 0.3 is 0 Å². The molecule has 0 radical (unpaired) electrons. The van der Waals surface area contributed by atoms with E-state index in [-0.39, 0.29) is 12.4 Å². The molecule has 0 aliphatic heterocycles. The highest BCUT2D eigenvalue weighted by Crippen LogP contribution is 2.05. The average molecular weight is 231 g/mol. The first-order valence-corrected chi connectivity index (χ1v) is 8.15. The van der Waals surface area contributed by atoms with Crippen LogP contribution in [0.3, 0.4) is 0 Å². The summed E-state index contributed by atoms with van der Waals surface area (Å²) in [6.07, 6.45) is 2.98. The molecule has 0 aromatic rings. The zero-order valence-corrected chi connectivity index (χ0v) is 10.5. The fraction of sp³-hybridized carbons (Fsp3) is 0.667. The highest BCUT2D eigenvalue weighted by atomic mass is 28.4. The molecule has 0 bridgehead atoms. The first-order valence-electron chi connectivity index (χ1n) is 4.74.